The van der Waals surface area contributed by atoms with Crippen molar-refractivity contribution in [1.82, 2.24) is 0 Å². The second kappa shape index (κ2) is 8.27. The third-order valence-corrected chi connectivity index (χ3v) is 3.03. The van der Waals surface area contributed by atoms with Gasteiger partial charge in [0.15, 0.2) is 5.82 Å². The predicted molar refractivity (Wildman–Crippen MR) is 78.4 cm³/mol. The largest absolute Gasteiger partial charge is 0.500 e. The Morgan fingerprint density at radius 2 is 1.72 bits per heavy atom. The van der Waals surface area contributed by atoms with Gasteiger partial charge in [0.05, 0.1) is 18.1 Å². The van der Waals surface area contributed by atoms with E-state index in [4.69, 9.17) is 4.74 Å². The second-order valence-corrected chi connectivity index (χ2v) is 4.58. The number of halogens is 3. The highest BCUT2D eigenvalue weighted by Crippen LogP contribution is 2.32. The van der Waals surface area contributed by atoms with E-state index < -0.39 is 56.5 Å². The van der Waals surface area contributed by atoms with Crippen LogP contribution >= 0.6 is 0 Å². The van der Waals surface area contributed by atoms with Crippen molar-refractivity contribution >= 4 is 17.4 Å². The first-order chi connectivity index (χ1) is 11.7. The van der Waals surface area contributed by atoms with Crippen LogP contribution < -0.4 is 0 Å². The number of hydrogen-bond donors (Lipinski definition) is 0. The van der Waals surface area contributed by atoms with Crippen LogP contribution in [0.1, 0.15) is 29.8 Å². The number of nitro benzene ring substituents is 1. The molecule has 0 atom stereocenters. The average molecular weight is 361 g/mol. The highest BCUT2D eigenvalue weighted by molar-refractivity contribution is 6.25. The smallest absolute Gasteiger partial charge is 0.345 e. The fraction of sp³-hybridized carbons (Fsp3) is 0.333. The fourth-order valence-electron chi connectivity index (χ4n) is 1.85. The van der Waals surface area contributed by atoms with E-state index in [1.807, 2.05) is 0 Å². The molecule has 0 aromatic heterocycles. The van der Waals surface area contributed by atoms with Crippen molar-refractivity contribution in [2.75, 3.05) is 13.2 Å². The van der Waals surface area contributed by atoms with Crippen LogP contribution in [0.3, 0.4) is 0 Å². The molecule has 25 heavy (non-hydrogen) atoms. The summed E-state index contributed by atoms with van der Waals surface area (Å²) < 4.78 is 51.1. The molecular weight excluding hydrogens is 347 g/mol. The molecule has 0 aliphatic rings. The van der Waals surface area contributed by atoms with Crippen LogP contribution in [0, 0.1) is 34.5 Å². The molecule has 136 valence electrons. The number of rotatable bonds is 7. The van der Waals surface area contributed by atoms with Gasteiger partial charge in [-0.2, -0.15) is 4.39 Å². The van der Waals surface area contributed by atoms with E-state index in [1.54, 1.807) is 0 Å². The van der Waals surface area contributed by atoms with Crippen LogP contribution in [0.5, 0.6) is 0 Å². The van der Waals surface area contributed by atoms with Gasteiger partial charge in [-0.3, -0.25) is 14.9 Å². The number of ketones is 1. The van der Waals surface area contributed by atoms with Crippen LogP contribution in [-0.2, 0) is 14.3 Å². The van der Waals surface area contributed by atoms with Crippen LogP contribution in [-0.4, -0.2) is 29.9 Å². The number of carbonyl (C=O) groups is 2. The molecule has 10 heteroatoms. The summed E-state index contributed by atoms with van der Waals surface area (Å²) in [6.45, 7) is 3.58. The van der Waals surface area contributed by atoms with E-state index in [0.717, 1.165) is 6.92 Å². The van der Waals surface area contributed by atoms with Crippen molar-refractivity contribution < 1.29 is 37.2 Å². The normalized spacial score (nSPS) is 11.2. The SMILES string of the molecule is CCO/C=C(\C(=O)OCC)C(=O)c1c(F)c(C)c(F)c(F)c1[N+](=O)[O-]. The number of Topliss-reactive ketones (excluding diaryl/α,β-unsaturated/α-hetero) is 1. The second-order valence-electron chi connectivity index (χ2n) is 4.58. The van der Waals surface area contributed by atoms with E-state index in [1.165, 1.54) is 13.8 Å². The zero-order chi connectivity index (χ0) is 19.3. The number of nitrogens with zero attached hydrogens (tertiary/aromatic N) is 1. The molecule has 0 unspecified atom stereocenters. The van der Waals surface area contributed by atoms with Crippen molar-refractivity contribution in [1.29, 1.82) is 0 Å². The Kier molecular flexibility index (Phi) is 6.66. The van der Waals surface area contributed by atoms with Crippen molar-refractivity contribution in [2.45, 2.75) is 20.8 Å². The molecule has 1 aromatic carbocycles. The van der Waals surface area contributed by atoms with Gasteiger partial charge in [-0.05, 0) is 20.8 Å². The molecule has 0 saturated carbocycles. The van der Waals surface area contributed by atoms with Gasteiger partial charge in [0, 0.05) is 5.56 Å². The summed E-state index contributed by atoms with van der Waals surface area (Å²) in [7, 11) is 0. The van der Waals surface area contributed by atoms with Crippen LogP contribution in [0.4, 0.5) is 18.9 Å². The average Bonchev–Trinajstić information content (AvgIpc) is 2.55. The first-order valence-corrected chi connectivity index (χ1v) is 7.03. The fourth-order valence-corrected chi connectivity index (χ4v) is 1.85. The first-order valence-electron chi connectivity index (χ1n) is 7.03. The quantitative estimate of drug-likeness (QED) is 0.0853. The summed E-state index contributed by atoms with van der Waals surface area (Å²) in [5.74, 6) is -8.27. The molecule has 0 fully saturated rings. The van der Waals surface area contributed by atoms with Crippen LogP contribution in [0.25, 0.3) is 0 Å². The van der Waals surface area contributed by atoms with Crippen molar-refractivity contribution in [3.8, 4) is 0 Å². The Morgan fingerprint density at radius 1 is 1.12 bits per heavy atom. The summed E-state index contributed by atoms with van der Waals surface area (Å²) in [5.41, 5.74) is -4.93. The summed E-state index contributed by atoms with van der Waals surface area (Å²) >= 11 is 0. The molecular formula is C15H14F3NO6. The minimum Gasteiger partial charge on any atom is -0.500 e. The summed E-state index contributed by atoms with van der Waals surface area (Å²) in [4.78, 5) is 33.8. The standard InChI is InChI=1S/C15H14F3NO6/c1-4-24-6-8(15(21)25-5-2)14(20)9-10(16)7(3)11(17)12(18)13(9)19(22)23/h6H,4-5H2,1-3H3/b8-6-. The Morgan fingerprint density at radius 3 is 2.20 bits per heavy atom. The molecule has 0 heterocycles. The Balaban J connectivity index is 3.69. The van der Waals surface area contributed by atoms with Gasteiger partial charge < -0.3 is 9.47 Å². The molecule has 0 aliphatic carbocycles. The number of esters is 1. The van der Waals surface area contributed by atoms with Crippen molar-refractivity contribution in [2.24, 2.45) is 0 Å². The van der Waals surface area contributed by atoms with Gasteiger partial charge in [0.25, 0.3) is 0 Å². The number of benzene rings is 1. The Bertz CT molecular complexity index is 760. The third-order valence-electron chi connectivity index (χ3n) is 3.03. The Hall–Kier alpha value is -2.91. The van der Waals surface area contributed by atoms with Gasteiger partial charge >= 0.3 is 11.7 Å². The maximum absolute atomic E-state index is 14.3. The summed E-state index contributed by atoms with van der Waals surface area (Å²) in [5, 5.41) is 11.0. The van der Waals surface area contributed by atoms with E-state index in [2.05, 4.69) is 4.74 Å². The molecule has 0 bridgehead atoms. The van der Waals surface area contributed by atoms with Gasteiger partial charge in [0.1, 0.15) is 23.2 Å². The van der Waals surface area contributed by atoms with Crippen molar-refractivity contribution in [3.63, 3.8) is 0 Å². The zero-order valence-corrected chi connectivity index (χ0v) is 13.5. The lowest BCUT2D eigenvalue weighted by atomic mass is 9.98. The van der Waals surface area contributed by atoms with E-state index in [-0.39, 0.29) is 13.2 Å². The van der Waals surface area contributed by atoms with Crippen LogP contribution in [0.15, 0.2) is 11.8 Å². The zero-order valence-electron chi connectivity index (χ0n) is 13.5. The number of hydrogen-bond acceptors (Lipinski definition) is 6. The molecule has 0 spiro atoms. The van der Waals surface area contributed by atoms with Gasteiger partial charge in [-0.15, -0.1) is 0 Å². The molecule has 0 radical (unpaired) electrons. The molecule has 0 N–H and O–H groups in total. The molecule has 0 aliphatic heterocycles. The topological polar surface area (TPSA) is 95.7 Å². The maximum Gasteiger partial charge on any atom is 0.345 e. The Labute approximate surface area is 140 Å². The number of carbonyl (C=O) groups excluding carboxylic acids is 2. The molecule has 0 saturated heterocycles. The lowest BCUT2D eigenvalue weighted by Gasteiger charge is -2.10. The lowest BCUT2D eigenvalue weighted by molar-refractivity contribution is -0.388. The maximum atomic E-state index is 14.3. The summed E-state index contributed by atoms with van der Waals surface area (Å²) in [6, 6.07) is 0. The highest BCUT2D eigenvalue weighted by atomic mass is 19.2. The van der Waals surface area contributed by atoms with E-state index in [0.29, 0.717) is 6.26 Å². The lowest BCUT2D eigenvalue weighted by Crippen LogP contribution is -2.20. The van der Waals surface area contributed by atoms with Gasteiger partial charge in [-0.1, -0.05) is 0 Å². The van der Waals surface area contributed by atoms with E-state index >= 15 is 0 Å². The minimum atomic E-state index is -2.01. The summed E-state index contributed by atoms with van der Waals surface area (Å²) in [6.07, 6.45) is 0.625. The molecule has 0 amide bonds. The number of ether oxygens (including phenoxy) is 2. The van der Waals surface area contributed by atoms with Gasteiger partial charge in [0.2, 0.25) is 11.6 Å². The molecule has 1 rings (SSSR count). The van der Waals surface area contributed by atoms with E-state index in [9.17, 15) is 32.9 Å². The third kappa shape index (κ3) is 3.95. The highest BCUT2D eigenvalue weighted by Gasteiger charge is 2.37. The van der Waals surface area contributed by atoms with Crippen molar-refractivity contribution in [3.05, 3.63) is 50.5 Å². The monoisotopic (exact) mass is 361 g/mol. The minimum absolute atomic E-state index is 0.0115. The number of nitro groups is 1. The van der Waals surface area contributed by atoms with Gasteiger partial charge in [-0.25, -0.2) is 13.6 Å². The molecule has 1 aromatic rings. The van der Waals surface area contributed by atoms with Crippen LogP contribution in [0.2, 0.25) is 0 Å². The predicted octanol–water partition coefficient (Wildman–Crippen LogP) is 2.99. The first kappa shape index (κ1) is 20.1. The molecule has 7 nitrogen and oxygen atoms in total.